The fraction of sp³-hybridized carbons (Fsp3) is 0.333. The second-order valence-corrected chi connectivity index (χ2v) is 9.87. The Balaban J connectivity index is 1.61. The zero-order valence-electron chi connectivity index (χ0n) is 17.7. The molecule has 2 aromatic carbocycles. The Morgan fingerprint density at radius 3 is 2.48 bits per heavy atom. The summed E-state index contributed by atoms with van der Waals surface area (Å²) in [6, 6.07) is 8.66. The van der Waals surface area contributed by atoms with Gasteiger partial charge in [0.15, 0.2) is 0 Å². The molecule has 2 aromatic rings. The standard InChI is InChI=1S/C21H23FN4O6S/c1-25-10-13(11-25)20(27)23-9-16-12-26(33(30,31)17-5-2-14(22)3-6-17)18-8-15(24-21(28)29)4-7-19(18)32-16/h2-8,13,16,24H,9-12H2,1H3,(H,23,27)(H,28,29). The van der Waals surface area contributed by atoms with E-state index in [0.29, 0.717) is 13.1 Å². The average molecular weight is 479 g/mol. The first kappa shape index (κ1) is 22.8. The molecule has 0 spiro atoms. The molecule has 33 heavy (non-hydrogen) atoms. The molecular weight excluding hydrogens is 455 g/mol. The second-order valence-electron chi connectivity index (χ2n) is 8.01. The van der Waals surface area contributed by atoms with Gasteiger partial charge < -0.3 is 20.1 Å². The largest absolute Gasteiger partial charge is 0.484 e. The third-order valence-electron chi connectivity index (χ3n) is 5.48. The van der Waals surface area contributed by atoms with E-state index in [0.717, 1.165) is 28.6 Å². The van der Waals surface area contributed by atoms with E-state index < -0.39 is 28.0 Å². The van der Waals surface area contributed by atoms with Crippen molar-refractivity contribution in [3.05, 3.63) is 48.3 Å². The summed E-state index contributed by atoms with van der Waals surface area (Å²) in [5.74, 6) is -0.608. The number of nitrogens with one attached hydrogen (secondary N) is 2. The number of sulfonamides is 1. The van der Waals surface area contributed by atoms with Gasteiger partial charge in [0.25, 0.3) is 10.0 Å². The number of anilines is 2. The van der Waals surface area contributed by atoms with Gasteiger partial charge >= 0.3 is 6.09 Å². The fourth-order valence-corrected chi connectivity index (χ4v) is 5.30. The average Bonchev–Trinajstić information content (AvgIpc) is 2.74. The van der Waals surface area contributed by atoms with Crippen LogP contribution in [0.4, 0.5) is 20.6 Å². The molecule has 0 radical (unpaired) electrons. The molecule has 2 aliphatic rings. The number of carboxylic acid groups (broad SMARTS) is 1. The van der Waals surface area contributed by atoms with Crippen LogP contribution >= 0.6 is 0 Å². The van der Waals surface area contributed by atoms with Gasteiger partial charge in [-0.2, -0.15) is 0 Å². The number of rotatable bonds is 6. The summed E-state index contributed by atoms with van der Waals surface area (Å²) in [6.07, 6.45) is -1.99. The van der Waals surface area contributed by atoms with Crippen molar-refractivity contribution < 1.29 is 32.2 Å². The van der Waals surface area contributed by atoms with Gasteiger partial charge in [0.2, 0.25) is 5.91 Å². The predicted octanol–water partition coefficient (Wildman–Crippen LogP) is 1.55. The maximum absolute atomic E-state index is 13.4. The third-order valence-corrected chi connectivity index (χ3v) is 7.28. The number of fused-ring (bicyclic) bond motifs is 1. The molecule has 0 aliphatic carbocycles. The number of ether oxygens (including phenoxy) is 1. The summed E-state index contributed by atoms with van der Waals surface area (Å²) in [6.45, 7) is 1.27. The zero-order valence-corrected chi connectivity index (χ0v) is 18.5. The highest BCUT2D eigenvalue weighted by molar-refractivity contribution is 7.92. The minimum atomic E-state index is -4.13. The van der Waals surface area contributed by atoms with Crippen LogP contribution in [-0.2, 0) is 14.8 Å². The summed E-state index contributed by atoms with van der Waals surface area (Å²) < 4.78 is 47.1. The van der Waals surface area contributed by atoms with E-state index in [1.165, 1.54) is 18.2 Å². The number of amides is 2. The van der Waals surface area contributed by atoms with Gasteiger partial charge in [-0.05, 0) is 49.5 Å². The van der Waals surface area contributed by atoms with Crippen LogP contribution in [0.1, 0.15) is 0 Å². The van der Waals surface area contributed by atoms with Crippen molar-refractivity contribution in [3.63, 3.8) is 0 Å². The van der Waals surface area contributed by atoms with Crippen LogP contribution < -0.4 is 19.7 Å². The molecule has 0 bridgehead atoms. The number of likely N-dealkylation sites (tertiary alicyclic amines) is 1. The predicted molar refractivity (Wildman–Crippen MR) is 117 cm³/mol. The van der Waals surface area contributed by atoms with Crippen molar-refractivity contribution in [1.82, 2.24) is 10.2 Å². The van der Waals surface area contributed by atoms with Gasteiger partial charge in [-0.15, -0.1) is 0 Å². The molecule has 2 heterocycles. The van der Waals surface area contributed by atoms with E-state index >= 15 is 0 Å². The van der Waals surface area contributed by atoms with Crippen LogP contribution in [0.2, 0.25) is 0 Å². The molecule has 10 nitrogen and oxygen atoms in total. The van der Waals surface area contributed by atoms with E-state index in [4.69, 9.17) is 9.84 Å². The van der Waals surface area contributed by atoms with Gasteiger partial charge in [-0.25, -0.2) is 17.6 Å². The van der Waals surface area contributed by atoms with Crippen molar-refractivity contribution in [2.24, 2.45) is 5.92 Å². The number of hydrogen-bond donors (Lipinski definition) is 3. The van der Waals surface area contributed by atoms with Crippen LogP contribution in [0, 0.1) is 11.7 Å². The zero-order chi connectivity index (χ0) is 23.8. The smallest absolute Gasteiger partial charge is 0.409 e. The molecule has 4 rings (SSSR count). The van der Waals surface area contributed by atoms with Crippen molar-refractivity contribution in [3.8, 4) is 5.75 Å². The van der Waals surface area contributed by atoms with E-state index in [9.17, 15) is 22.4 Å². The maximum Gasteiger partial charge on any atom is 0.409 e. The summed E-state index contributed by atoms with van der Waals surface area (Å²) in [4.78, 5) is 25.2. The number of nitrogens with zero attached hydrogens (tertiary/aromatic N) is 2. The lowest BCUT2D eigenvalue weighted by Crippen LogP contribution is -2.54. The van der Waals surface area contributed by atoms with Gasteiger partial charge in [0.1, 0.15) is 17.7 Å². The molecule has 1 atom stereocenters. The summed E-state index contributed by atoms with van der Waals surface area (Å²) in [7, 11) is -2.22. The van der Waals surface area contributed by atoms with E-state index in [1.54, 1.807) is 0 Å². The SMILES string of the molecule is CN1CC(C(=O)NCC2CN(S(=O)(=O)c3ccc(F)cc3)c3cc(NC(=O)O)ccc3O2)C1. The highest BCUT2D eigenvalue weighted by Gasteiger charge is 2.36. The Kier molecular flexibility index (Phi) is 6.13. The molecule has 1 saturated heterocycles. The van der Waals surface area contributed by atoms with Gasteiger partial charge in [0, 0.05) is 18.8 Å². The highest BCUT2D eigenvalue weighted by Crippen LogP contribution is 2.39. The third kappa shape index (κ3) is 4.86. The number of carbonyl (C=O) groups excluding carboxylic acids is 1. The second kappa shape index (κ2) is 8.87. The molecule has 1 unspecified atom stereocenters. The lowest BCUT2D eigenvalue weighted by molar-refractivity contribution is -0.129. The maximum atomic E-state index is 13.4. The van der Waals surface area contributed by atoms with Crippen LogP contribution in [0.3, 0.4) is 0 Å². The van der Waals surface area contributed by atoms with E-state index in [1.807, 2.05) is 11.9 Å². The Morgan fingerprint density at radius 2 is 1.85 bits per heavy atom. The van der Waals surface area contributed by atoms with Gasteiger partial charge in [-0.3, -0.25) is 14.4 Å². The molecular formula is C21H23FN4O6S. The summed E-state index contributed by atoms with van der Waals surface area (Å²) in [5, 5.41) is 14.0. The fourth-order valence-electron chi connectivity index (χ4n) is 3.80. The quantitative estimate of drug-likeness (QED) is 0.575. The van der Waals surface area contributed by atoms with Crippen molar-refractivity contribution in [1.29, 1.82) is 0 Å². The Morgan fingerprint density at radius 1 is 1.15 bits per heavy atom. The van der Waals surface area contributed by atoms with Crippen molar-refractivity contribution in [2.45, 2.75) is 11.0 Å². The summed E-state index contributed by atoms with van der Waals surface area (Å²) in [5.41, 5.74) is 0.291. The van der Waals surface area contributed by atoms with Gasteiger partial charge in [0.05, 0.1) is 29.6 Å². The van der Waals surface area contributed by atoms with Crippen LogP contribution in [-0.4, -0.2) is 69.8 Å². The molecule has 2 amide bonds. The Labute approximate surface area is 190 Å². The van der Waals surface area contributed by atoms with E-state index in [2.05, 4.69) is 10.6 Å². The minimum absolute atomic E-state index is 0.0864. The van der Waals surface area contributed by atoms with Crippen LogP contribution in [0.25, 0.3) is 0 Å². The number of benzene rings is 2. The number of hydrogen-bond acceptors (Lipinski definition) is 6. The van der Waals surface area contributed by atoms with Crippen LogP contribution in [0.15, 0.2) is 47.4 Å². The Hall–Kier alpha value is -3.38. The molecule has 0 saturated carbocycles. The number of halogens is 1. The molecule has 3 N–H and O–H groups in total. The first-order valence-corrected chi connectivity index (χ1v) is 11.6. The molecule has 0 aromatic heterocycles. The van der Waals surface area contributed by atoms with E-state index in [-0.39, 0.29) is 46.9 Å². The van der Waals surface area contributed by atoms with Gasteiger partial charge in [-0.1, -0.05) is 0 Å². The van der Waals surface area contributed by atoms with Crippen molar-refractivity contribution in [2.75, 3.05) is 42.8 Å². The highest BCUT2D eigenvalue weighted by atomic mass is 32.2. The normalized spacial score (nSPS) is 18.6. The topological polar surface area (TPSA) is 128 Å². The minimum Gasteiger partial charge on any atom is -0.484 e. The molecule has 12 heteroatoms. The van der Waals surface area contributed by atoms with Crippen molar-refractivity contribution >= 4 is 33.4 Å². The first-order valence-electron chi connectivity index (χ1n) is 10.2. The summed E-state index contributed by atoms with van der Waals surface area (Å²) >= 11 is 0. The molecule has 2 aliphatic heterocycles. The van der Waals surface area contributed by atoms with Crippen LogP contribution in [0.5, 0.6) is 5.75 Å². The lowest BCUT2D eigenvalue weighted by atomic mass is 10.0. The number of carbonyl (C=O) groups is 2. The Bertz CT molecular complexity index is 1170. The first-order chi connectivity index (χ1) is 15.6. The lowest BCUT2D eigenvalue weighted by Gasteiger charge is -2.37. The molecule has 1 fully saturated rings. The monoisotopic (exact) mass is 478 g/mol. The molecule has 176 valence electrons.